The van der Waals surface area contributed by atoms with E-state index in [0.717, 1.165) is 36.9 Å². The Kier molecular flexibility index (Phi) is 2.83. The molecule has 17 heavy (non-hydrogen) atoms. The van der Waals surface area contributed by atoms with E-state index in [2.05, 4.69) is 4.90 Å². The van der Waals surface area contributed by atoms with E-state index in [4.69, 9.17) is 11.6 Å². The van der Waals surface area contributed by atoms with E-state index in [0.29, 0.717) is 10.6 Å². The number of carbonyl (C=O) groups is 1. The van der Waals surface area contributed by atoms with Crippen molar-refractivity contribution in [3.8, 4) is 0 Å². The van der Waals surface area contributed by atoms with Gasteiger partial charge in [0.25, 0.3) is 0 Å². The van der Waals surface area contributed by atoms with Gasteiger partial charge in [-0.2, -0.15) is 0 Å². The van der Waals surface area contributed by atoms with Crippen LogP contribution in [0, 0.1) is 11.8 Å². The lowest BCUT2D eigenvalue weighted by Crippen LogP contribution is -2.20. The molecule has 2 atom stereocenters. The van der Waals surface area contributed by atoms with Crippen LogP contribution in [0.5, 0.6) is 0 Å². The SMILES string of the molecule is O=Cc1cc(Cl)cc(N2CC3CCCC3C2)c1. The predicted molar refractivity (Wildman–Crippen MR) is 69.9 cm³/mol. The minimum atomic E-state index is 0.654. The van der Waals surface area contributed by atoms with Gasteiger partial charge in [0.05, 0.1) is 0 Å². The second kappa shape index (κ2) is 4.34. The van der Waals surface area contributed by atoms with Crippen LogP contribution >= 0.6 is 11.6 Å². The van der Waals surface area contributed by atoms with Crippen molar-refractivity contribution < 1.29 is 4.79 Å². The molecule has 0 N–H and O–H groups in total. The molecule has 3 rings (SSSR count). The van der Waals surface area contributed by atoms with E-state index >= 15 is 0 Å². The van der Waals surface area contributed by atoms with Crippen molar-refractivity contribution in [1.82, 2.24) is 0 Å². The van der Waals surface area contributed by atoms with Crippen LogP contribution in [0.1, 0.15) is 29.6 Å². The number of anilines is 1. The molecule has 0 spiro atoms. The summed E-state index contributed by atoms with van der Waals surface area (Å²) in [4.78, 5) is 13.2. The third-order valence-corrected chi connectivity index (χ3v) is 4.35. The molecule has 2 unspecified atom stereocenters. The van der Waals surface area contributed by atoms with E-state index in [1.807, 2.05) is 12.1 Å². The van der Waals surface area contributed by atoms with Crippen molar-refractivity contribution in [2.75, 3.05) is 18.0 Å². The average molecular weight is 250 g/mol. The van der Waals surface area contributed by atoms with E-state index in [1.165, 1.54) is 19.3 Å². The van der Waals surface area contributed by atoms with Gasteiger partial charge < -0.3 is 4.90 Å². The Balaban J connectivity index is 1.85. The summed E-state index contributed by atoms with van der Waals surface area (Å²) in [6.45, 7) is 2.26. The molecule has 0 aromatic heterocycles. The fourth-order valence-electron chi connectivity index (χ4n) is 3.29. The van der Waals surface area contributed by atoms with E-state index in [-0.39, 0.29) is 0 Å². The van der Waals surface area contributed by atoms with Crippen molar-refractivity contribution in [3.05, 3.63) is 28.8 Å². The van der Waals surface area contributed by atoms with Crippen molar-refractivity contribution in [3.63, 3.8) is 0 Å². The number of hydrogen-bond acceptors (Lipinski definition) is 2. The smallest absolute Gasteiger partial charge is 0.150 e. The van der Waals surface area contributed by atoms with Crippen LogP contribution < -0.4 is 4.90 Å². The Morgan fingerprint density at radius 3 is 2.53 bits per heavy atom. The van der Waals surface area contributed by atoms with Crippen LogP contribution in [0.3, 0.4) is 0 Å². The zero-order chi connectivity index (χ0) is 11.8. The number of nitrogens with zero attached hydrogens (tertiary/aromatic N) is 1. The van der Waals surface area contributed by atoms with Gasteiger partial charge in [-0.15, -0.1) is 0 Å². The molecule has 90 valence electrons. The molecule has 1 aliphatic heterocycles. The summed E-state index contributed by atoms with van der Waals surface area (Å²) in [5, 5.41) is 0.654. The summed E-state index contributed by atoms with van der Waals surface area (Å²) < 4.78 is 0. The molecule has 1 saturated carbocycles. The summed E-state index contributed by atoms with van der Waals surface area (Å²) in [6, 6.07) is 5.63. The Morgan fingerprint density at radius 2 is 1.88 bits per heavy atom. The van der Waals surface area contributed by atoms with E-state index < -0.39 is 0 Å². The molecule has 3 heteroatoms. The van der Waals surface area contributed by atoms with Gasteiger partial charge in [-0.1, -0.05) is 18.0 Å². The van der Waals surface area contributed by atoms with Gasteiger partial charge in [-0.05, 0) is 42.9 Å². The molecular weight excluding hydrogens is 234 g/mol. The van der Waals surface area contributed by atoms with E-state index in [9.17, 15) is 4.79 Å². The fraction of sp³-hybridized carbons (Fsp3) is 0.500. The summed E-state index contributed by atoms with van der Waals surface area (Å²) in [7, 11) is 0. The van der Waals surface area contributed by atoms with Crippen LogP contribution in [0.25, 0.3) is 0 Å². The maximum Gasteiger partial charge on any atom is 0.150 e. The van der Waals surface area contributed by atoms with Crippen molar-refractivity contribution in [1.29, 1.82) is 0 Å². The second-order valence-corrected chi connectivity index (χ2v) is 5.65. The lowest BCUT2D eigenvalue weighted by molar-refractivity contribution is 0.112. The number of carbonyl (C=O) groups excluding carboxylic acids is 1. The van der Waals surface area contributed by atoms with Gasteiger partial charge in [0.2, 0.25) is 0 Å². The number of fused-ring (bicyclic) bond motifs is 1. The zero-order valence-electron chi connectivity index (χ0n) is 9.73. The highest BCUT2D eigenvalue weighted by Crippen LogP contribution is 2.40. The molecule has 2 nitrogen and oxygen atoms in total. The fourth-order valence-corrected chi connectivity index (χ4v) is 3.53. The molecule has 0 radical (unpaired) electrons. The molecule has 0 bridgehead atoms. The first kappa shape index (κ1) is 11.1. The molecular formula is C14H16ClNO. The van der Waals surface area contributed by atoms with E-state index in [1.54, 1.807) is 6.07 Å². The summed E-state index contributed by atoms with van der Waals surface area (Å²) >= 11 is 6.04. The van der Waals surface area contributed by atoms with Gasteiger partial charge in [0, 0.05) is 29.4 Å². The van der Waals surface area contributed by atoms with Crippen molar-refractivity contribution in [2.45, 2.75) is 19.3 Å². The lowest BCUT2D eigenvalue weighted by Gasteiger charge is -2.20. The lowest BCUT2D eigenvalue weighted by atomic mass is 10.0. The molecule has 2 fully saturated rings. The second-order valence-electron chi connectivity index (χ2n) is 5.22. The third kappa shape index (κ3) is 2.06. The van der Waals surface area contributed by atoms with Crippen LogP contribution in [-0.4, -0.2) is 19.4 Å². The minimum Gasteiger partial charge on any atom is -0.371 e. The Labute approximate surface area is 107 Å². The number of benzene rings is 1. The highest BCUT2D eigenvalue weighted by Gasteiger charge is 2.36. The number of halogens is 1. The summed E-state index contributed by atoms with van der Waals surface area (Å²) in [5.74, 6) is 1.71. The predicted octanol–water partition coefficient (Wildman–Crippen LogP) is 3.39. The number of hydrogen-bond donors (Lipinski definition) is 0. The molecule has 0 amide bonds. The first-order valence-corrected chi connectivity index (χ1v) is 6.65. The Hall–Kier alpha value is -1.02. The zero-order valence-corrected chi connectivity index (χ0v) is 10.5. The third-order valence-electron chi connectivity index (χ3n) is 4.13. The van der Waals surface area contributed by atoms with Crippen LogP contribution in [-0.2, 0) is 0 Å². The highest BCUT2D eigenvalue weighted by molar-refractivity contribution is 6.31. The first-order chi connectivity index (χ1) is 8.26. The number of rotatable bonds is 2. The minimum absolute atomic E-state index is 0.654. The van der Waals surface area contributed by atoms with Crippen LogP contribution in [0.4, 0.5) is 5.69 Å². The topological polar surface area (TPSA) is 20.3 Å². The Bertz CT molecular complexity index is 434. The molecule has 1 aliphatic carbocycles. The first-order valence-electron chi connectivity index (χ1n) is 6.27. The molecule has 1 heterocycles. The van der Waals surface area contributed by atoms with Gasteiger partial charge >= 0.3 is 0 Å². The number of aldehydes is 1. The highest BCUT2D eigenvalue weighted by atomic mass is 35.5. The Morgan fingerprint density at radius 1 is 1.18 bits per heavy atom. The maximum atomic E-state index is 10.8. The van der Waals surface area contributed by atoms with Gasteiger partial charge in [-0.3, -0.25) is 4.79 Å². The summed E-state index contributed by atoms with van der Waals surface area (Å²) in [6.07, 6.45) is 4.98. The molecule has 1 aromatic rings. The maximum absolute atomic E-state index is 10.8. The molecule has 1 aromatic carbocycles. The average Bonchev–Trinajstić information content (AvgIpc) is 2.88. The van der Waals surface area contributed by atoms with Crippen molar-refractivity contribution >= 4 is 23.6 Å². The largest absolute Gasteiger partial charge is 0.371 e. The quantitative estimate of drug-likeness (QED) is 0.749. The normalized spacial score (nSPS) is 27.2. The standard InChI is InChI=1S/C14H16ClNO/c15-13-4-10(9-17)5-14(6-13)16-7-11-2-1-3-12(11)8-16/h4-6,9,11-12H,1-3,7-8H2. The van der Waals surface area contributed by atoms with Gasteiger partial charge in [-0.25, -0.2) is 0 Å². The van der Waals surface area contributed by atoms with Crippen LogP contribution in [0.15, 0.2) is 18.2 Å². The monoisotopic (exact) mass is 249 g/mol. The van der Waals surface area contributed by atoms with Gasteiger partial charge in [0.15, 0.2) is 0 Å². The summed E-state index contributed by atoms with van der Waals surface area (Å²) in [5.41, 5.74) is 1.78. The molecule has 1 saturated heterocycles. The van der Waals surface area contributed by atoms with Crippen LogP contribution in [0.2, 0.25) is 5.02 Å². The van der Waals surface area contributed by atoms with Gasteiger partial charge in [0.1, 0.15) is 6.29 Å². The van der Waals surface area contributed by atoms with Crippen molar-refractivity contribution in [2.24, 2.45) is 11.8 Å². The molecule has 2 aliphatic rings.